The third kappa shape index (κ3) is 1.58. The van der Waals surface area contributed by atoms with Crippen LogP contribution < -0.4 is 0 Å². The molecule has 0 aromatic rings. The molecule has 4 heterocycles. The van der Waals surface area contributed by atoms with Gasteiger partial charge in [-0.15, -0.1) is 0 Å². The van der Waals surface area contributed by atoms with Crippen molar-refractivity contribution in [3.05, 3.63) is 0 Å². The van der Waals surface area contributed by atoms with Crippen molar-refractivity contribution in [3.63, 3.8) is 0 Å². The molecule has 0 aliphatic carbocycles. The van der Waals surface area contributed by atoms with Crippen LogP contribution in [0.3, 0.4) is 0 Å². The van der Waals surface area contributed by atoms with Gasteiger partial charge in [0.05, 0.1) is 11.8 Å². The number of hydrogen-bond donors (Lipinski definition) is 0. The molecule has 0 spiro atoms. The van der Waals surface area contributed by atoms with Crippen LogP contribution in [0.2, 0.25) is 0 Å². The van der Waals surface area contributed by atoms with Crippen LogP contribution in [-0.4, -0.2) is 46.8 Å². The molecule has 0 aromatic heterocycles. The smallest absolute Gasteiger partial charge is 0.228 e. The molecule has 4 aliphatic rings. The van der Waals surface area contributed by atoms with Gasteiger partial charge in [-0.05, 0) is 44.9 Å². The summed E-state index contributed by atoms with van der Waals surface area (Å²) in [7, 11) is 0. The van der Waals surface area contributed by atoms with E-state index in [0.717, 1.165) is 45.2 Å². The van der Waals surface area contributed by atoms with Crippen molar-refractivity contribution in [1.29, 1.82) is 0 Å². The summed E-state index contributed by atoms with van der Waals surface area (Å²) in [6.07, 6.45) is 7.48. The molecule has 4 fully saturated rings. The minimum Gasteiger partial charge on any atom is -0.339 e. The predicted octanol–water partition coefficient (Wildman–Crippen LogP) is 1.40. The number of nitrogens with zero attached hydrogens (tertiary/aromatic N) is 2. The first-order valence-corrected chi connectivity index (χ1v) is 7.88. The normalized spacial score (nSPS) is 41.9. The Morgan fingerprint density at radius 1 is 0.737 bits per heavy atom. The van der Waals surface area contributed by atoms with Gasteiger partial charge in [0.2, 0.25) is 11.8 Å². The first-order chi connectivity index (χ1) is 9.27. The van der Waals surface area contributed by atoms with Crippen molar-refractivity contribution in [3.8, 4) is 0 Å². The van der Waals surface area contributed by atoms with Crippen molar-refractivity contribution in [2.75, 3.05) is 13.1 Å². The minimum absolute atomic E-state index is 0.109. The Morgan fingerprint density at radius 3 is 1.68 bits per heavy atom. The van der Waals surface area contributed by atoms with Gasteiger partial charge < -0.3 is 9.80 Å². The number of carbonyl (C=O) groups is 2. The first-order valence-electron chi connectivity index (χ1n) is 7.88. The number of carbonyl (C=O) groups excluding carboxylic acids is 2. The number of fused-ring (bicyclic) bond motifs is 6. The number of amides is 2. The molecule has 2 amide bonds. The fourth-order valence-electron chi connectivity index (χ4n) is 4.84. The fourth-order valence-corrected chi connectivity index (χ4v) is 4.84. The minimum atomic E-state index is 0.109. The average Bonchev–Trinajstić information content (AvgIpc) is 2.47. The van der Waals surface area contributed by atoms with E-state index in [1.807, 2.05) is 0 Å². The second-order valence-corrected chi connectivity index (χ2v) is 6.64. The largest absolute Gasteiger partial charge is 0.339 e. The predicted molar refractivity (Wildman–Crippen MR) is 70.3 cm³/mol. The van der Waals surface area contributed by atoms with Crippen LogP contribution >= 0.6 is 0 Å². The van der Waals surface area contributed by atoms with E-state index in [2.05, 4.69) is 9.80 Å². The van der Waals surface area contributed by atoms with Gasteiger partial charge in [0.15, 0.2) is 0 Å². The third-order valence-electron chi connectivity index (χ3n) is 5.74. The highest BCUT2D eigenvalue weighted by molar-refractivity contribution is 5.89. The molecule has 4 rings (SSSR count). The summed E-state index contributed by atoms with van der Waals surface area (Å²) in [5.41, 5.74) is 0. The molecule has 2 bridgehead atoms. The Bertz CT molecular complexity index is 384. The summed E-state index contributed by atoms with van der Waals surface area (Å²) < 4.78 is 0. The molecule has 0 saturated carbocycles. The summed E-state index contributed by atoms with van der Waals surface area (Å²) in [5.74, 6) is 0.922. The number of hydrogen-bond acceptors (Lipinski definition) is 2. The van der Waals surface area contributed by atoms with Crippen LogP contribution in [0.1, 0.15) is 44.9 Å². The number of piperidine rings is 4. The van der Waals surface area contributed by atoms with Gasteiger partial charge in [0, 0.05) is 25.2 Å². The first kappa shape index (κ1) is 11.7. The quantitative estimate of drug-likeness (QED) is 0.662. The standard InChI is InChI=1S/C15H22N2O2/c18-14-10-9-11(13-6-2-4-8-17(13)14)15(19)16-7-3-1-5-12(10)16/h10-13H,1-9H2/t10-,11-,12-,13+/m0/s1. The average molecular weight is 262 g/mol. The van der Waals surface area contributed by atoms with E-state index in [1.165, 1.54) is 12.8 Å². The maximum atomic E-state index is 12.7. The Balaban J connectivity index is 1.70. The lowest BCUT2D eigenvalue weighted by atomic mass is 9.70. The Labute approximate surface area is 114 Å². The van der Waals surface area contributed by atoms with E-state index in [0.29, 0.717) is 11.8 Å². The summed E-state index contributed by atoms with van der Waals surface area (Å²) in [6.45, 7) is 1.77. The highest BCUT2D eigenvalue weighted by Gasteiger charge is 2.54. The van der Waals surface area contributed by atoms with E-state index in [4.69, 9.17) is 0 Å². The Kier molecular flexibility index (Phi) is 2.61. The highest BCUT2D eigenvalue weighted by atomic mass is 16.2. The van der Waals surface area contributed by atoms with Crippen LogP contribution in [0.4, 0.5) is 0 Å². The Hall–Kier alpha value is -1.06. The lowest BCUT2D eigenvalue weighted by molar-refractivity contribution is -0.170. The summed E-state index contributed by atoms with van der Waals surface area (Å²) >= 11 is 0. The van der Waals surface area contributed by atoms with Crippen molar-refractivity contribution < 1.29 is 9.59 Å². The van der Waals surface area contributed by atoms with E-state index in [1.54, 1.807) is 0 Å². The third-order valence-corrected chi connectivity index (χ3v) is 5.74. The molecule has 4 saturated heterocycles. The topological polar surface area (TPSA) is 40.6 Å². The molecule has 4 heteroatoms. The summed E-state index contributed by atoms with van der Waals surface area (Å²) in [6, 6.07) is 0.431. The van der Waals surface area contributed by atoms with Crippen molar-refractivity contribution in [2.24, 2.45) is 11.8 Å². The van der Waals surface area contributed by atoms with Gasteiger partial charge in [0.1, 0.15) is 0 Å². The van der Waals surface area contributed by atoms with Crippen molar-refractivity contribution in [1.82, 2.24) is 9.80 Å². The molecule has 0 N–H and O–H groups in total. The molecule has 19 heavy (non-hydrogen) atoms. The van der Waals surface area contributed by atoms with Crippen LogP contribution in [0.5, 0.6) is 0 Å². The summed E-state index contributed by atoms with van der Waals surface area (Å²) in [5, 5.41) is 0. The second-order valence-electron chi connectivity index (χ2n) is 6.64. The van der Waals surface area contributed by atoms with Crippen molar-refractivity contribution >= 4 is 11.8 Å². The molecular weight excluding hydrogens is 240 g/mol. The van der Waals surface area contributed by atoms with E-state index in [-0.39, 0.29) is 23.9 Å². The zero-order chi connectivity index (χ0) is 13.0. The maximum absolute atomic E-state index is 12.7. The number of rotatable bonds is 0. The van der Waals surface area contributed by atoms with Gasteiger partial charge >= 0.3 is 0 Å². The molecule has 4 nitrogen and oxygen atoms in total. The van der Waals surface area contributed by atoms with Gasteiger partial charge in [-0.1, -0.05) is 0 Å². The maximum Gasteiger partial charge on any atom is 0.228 e. The van der Waals surface area contributed by atoms with Crippen LogP contribution in [-0.2, 0) is 9.59 Å². The molecule has 0 aromatic carbocycles. The highest BCUT2D eigenvalue weighted by Crippen LogP contribution is 2.43. The van der Waals surface area contributed by atoms with Crippen LogP contribution in [0.25, 0.3) is 0 Å². The summed E-state index contributed by atoms with van der Waals surface area (Å²) in [4.78, 5) is 29.6. The molecule has 104 valence electrons. The molecule has 4 atom stereocenters. The van der Waals surface area contributed by atoms with E-state index in [9.17, 15) is 9.59 Å². The van der Waals surface area contributed by atoms with Gasteiger partial charge in [0.25, 0.3) is 0 Å². The Morgan fingerprint density at radius 2 is 1.21 bits per heavy atom. The lowest BCUT2D eigenvalue weighted by Gasteiger charge is -2.55. The fraction of sp³-hybridized carbons (Fsp3) is 0.867. The molecule has 4 aliphatic heterocycles. The molecular formula is C15H22N2O2. The molecule has 0 radical (unpaired) electrons. The van der Waals surface area contributed by atoms with Crippen molar-refractivity contribution in [2.45, 2.75) is 57.0 Å². The van der Waals surface area contributed by atoms with E-state index >= 15 is 0 Å². The van der Waals surface area contributed by atoms with Gasteiger partial charge in [-0.3, -0.25) is 9.59 Å². The van der Waals surface area contributed by atoms with Gasteiger partial charge in [-0.2, -0.15) is 0 Å². The molecule has 0 unspecified atom stereocenters. The lowest BCUT2D eigenvalue weighted by Crippen LogP contribution is -2.67. The second kappa shape index (κ2) is 4.22. The SMILES string of the molecule is O=C1[C@H]2C[C@H](C(=O)N3CCCC[C@@H]23)[C@H]2CCCCN12. The van der Waals surface area contributed by atoms with Crippen LogP contribution in [0, 0.1) is 11.8 Å². The van der Waals surface area contributed by atoms with E-state index < -0.39 is 0 Å². The van der Waals surface area contributed by atoms with Crippen LogP contribution in [0.15, 0.2) is 0 Å². The monoisotopic (exact) mass is 262 g/mol. The zero-order valence-corrected chi connectivity index (χ0v) is 11.4. The zero-order valence-electron chi connectivity index (χ0n) is 11.4. The van der Waals surface area contributed by atoms with Gasteiger partial charge in [-0.25, -0.2) is 0 Å².